The summed E-state index contributed by atoms with van der Waals surface area (Å²) in [6, 6.07) is 11.8. The van der Waals surface area contributed by atoms with Crippen LogP contribution in [-0.4, -0.2) is 46.7 Å². The number of hydrogen-bond acceptors (Lipinski definition) is 3. The van der Waals surface area contributed by atoms with Gasteiger partial charge in [0.1, 0.15) is 5.84 Å². The van der Waals surface area contributed by atoms with Gasteiger partial charge in [-0.25, -0.2) is 9.69 Å². The van der Waals surface area contributed by atoms with Crippen molar-refractivity contribution in [1.29, 1.82) is 0 Å². The molecule has 0 aliphatic carbocycles. The number of benzene rings is 1. The summed E-state index contributed by atoms with van der Waals surface area (Å²) in [4.78, 5) is 32.1. The highest BCUT2D eigenvalue weighted by Gasteiger charge is 2.39. The van der Waals surface area contributed by atoms with Crippen molar-refractivity contribution in [3.63, 3.8) is 0 Å². The fourth-order valence-electron chi connectivity index (χ4n) is 2.92. The Kier molecular flexibility index (Phi) is 4.85. The number of hydrogen-bond donors (Lipinski definition) is 1. The van der Waals surface area contributed by atoms with E-state index < -0.39 is 0 Å². The zero-order valence-electron chi connectivity index (χ0n) is 14.1. The molecule has 2 aliphatic rings. The van der Waals surface area contributed by atoms with Gasteiger partial charge in [0.15, 0.2) is 0 Å². The molecule has 0 aromatic heterocycles. The highest BCUT2D eigenvalue weighted by atomic mass is 16.2. The van der Waals surface area contributed by atoms with Gasteiger partial charge in [0, 0.05) is 18.8 Å². The van der Waals surface area contributed by atoms with Crippen molar-refractivity contribution >= 4 is 17.8 Å². The predicted octanol–water partition coefficient (Wildman–Crippen LogP) is 1.75. The summed E-state index contributed by atoms with van der Waals surface area (Å²) in [6.07, 6.45) is 8.33. The van der Waals surface area contributed by atoms with Crippen molar-refractivity contribution < 1.29 is 9.59 Å². The zero-order chi connectivity index (χ0) is 17.8. The van der Waals surface area contributed by atoms with E-state index in [0.29, 0.717) is 30.9 Å². The molecule has 0 saturated heterocycles. The zero-order valence-corrected chi connectivity index (χ0v) is 14.1. The molecule has 3 rings (SSSR count). The van der Waals surface area contributed by atoms with Crippen LogP contribution < -0.4 is 5.32 Å². The van der Waals surface area contributed by atoms with Crippen molar-refractivity contribution in [1.82, 2.24) is 15.1 Å². The number of carbonyl (C=O) groups is 2. The summed E-state index contributed by atoms with van der Waals surface area (Å²) < 4.78 is 0. The number of amides is 3. The van der Waals surface area contributed by atoms with E-state index in [2.05, 4.69) is 16.4 Å². The quantitative estimate of drug-likeness (QED) is 0.833. The van der Waals surface area contributed by atoms with Crippen LogP contribution in [0.2, 0.25) is 0 Å². The molecular weight excluding hydrogens is 316 g/mol. The molecule has 0 fully saturated rings. The number of nitrogens with one attached hydrogen (secondary N) is 1. The Labute approximate surface area is 147 Å². The normalized spacial score (nSPS) is 19.0. The van der Waals surface area contributed by atoms with Gasteiger partial charge < -0.3 is 5.32 Å². The molecule has 1 aromatic carbocycles. The summed E-state index contributed by atoms with van der Waals surface area (Å²) in [5.41, 5.74) is 1.47. The van der Waals surface area contributed by atoms with E-state index in [1.54, 1.807) is 0 Å². The van der Waals surface area contributed by atoms with E-state index in [-0.39, 0.29) is 18.0 Å². The summed E-state index contributed by atoms with van der Waals surface area (Å²) in [5, 5.41) is 2.82. The summed E-state index contributed by atoms with van der Waals surface area (Å²) in [5.74, 6) is 0.143. The number of nitrogens with zero attached hydrogens (tertiary/aromatic N) is 3. The van der Waals surface area contributed by atoms with Gasteiger partial charge in [-0.15, -0.1) is 0 Å². The molecule has 2 aliphatic heterocycles. The lowest BCUT2D eigenvalue weighted by Gasteiger charge is -2.28. The molecule has 1 N–H and O–H groups in total. The summed E-state index contributed by atoms with van der Waals surface area (Å²) in [7, 11) is 0. The highest BCUT2D eigenvalue weighted by Crippen LogP contribution is 2.24. The van der Waals surface area contributed by atoms with Gasteiger partial charge in [0.25, 0.3) is 5.91 Å². The van der Waals surface area contributed by atoms with Crippen LogP contribution in [0.4, 0.5) is 4.79 Å². The smallest absolute Gasteiger partial charge is 0.341 e. The van der Waals surface area contributed by atoms with Crippen LogP contribution in [0.3, 0.4) is 0 Å². The minimum absolute atomic E-state index is 0.0959. The Hall–Kier alpha value is -3.07. The van der Waals surface area contributed by atoms with Crippen molar-refractivity contribution in [3.05, 3.63) is 47.7 Å². The number of rotatable bonds is 5. The number of fused-ring (bicyclic) bond motifs is 1. The molecule has 1 atom stereocenters. The average Bonchev–Trinajstić information content (AvgIpc) is 3.05. The molecule has 128 valence electrons. The van der Waals surface area contributed by atoms with E-state index in [4.69, 9.17) is 6.42 Å². The van der Waals surface area contributed by atoms with Crippen molar-refractivity contribution in [2.45, 2.75) is 25.8 Å². The van der Waals surface area contributed by atoms with E-state index in [9.17, 15) is 9.59 Å². The Bertz CT molecular complexity index is 776. The third-order valence-corrected chi connectivity index (χ3v) is 4.12. The first-order valence-electron chi connectivity index (χ1n) is 8.33. The van der Waals surface area contributed by atoms with Crippen LogP contribution in [0.25, 0.3) is 0 Å². The molecule has 0 unspecified atom stereocenters. The van der Waals surface area contributed by atoms with Crippen LogP contribution in [-0.2, 0) is 11.2 Å². The topological polar surface area (TPSA) is 65.0 Å². The van der Waals surface area contributed by atoms with Crippen LogP contribution in [0.15, 0.2) is 47.1 Å². The number of carbonyl (C=O) groups excluding carboxylic acids is 2. The fraction of sp³-hybridized carbons (Fsp3) is 0.316. The maximum atomic E-state index is 12.5. The second kappa shape index (κ2) is 7.22. The Morgan fingerprint density at radius 3 is 2.84 bits per heavy atom. The number of aliphatic imine (C=N–C) groups is 1. The minimum atomic E-state index is -0.344. The maximum Gasteiger partial charge on any atom is 0.341 e. The molecule has 0 bridgehead atoms. The Morgan fingerprint density at radius 2 is 2.16 bits per heavy atom. The second-order valence-corrected chi connectivity index (χ2v) is 5.99. The van der Waals surface area contributed by atoms with Gasteiger partial charge in [-0.2, -0.15) is 0 Å². The van der Waals surface area contributed by atoms with E-state index in [0.717, 1.165) is 16.9 Å². The molecule has 0 radical (unpaired) electrons. The molecule has 0 spiro atoms. The fourth-order valence-corrected chi connectivity index (χ4v) is 2.92. The standard InChI is InChI=1S/C19H20N4O2/c1-3-10-20-18(24)16-13-22(4-2)19(25)23-12-15(21-17(16)23)11-14-8-6-5-7-9-14/h2,5-9,13,15H,3,10-12H2,1H3,(H,20,24)/t15-/m1/s1. The lowest BCUT2D eigenvalue weighted by atomic mass is 10.1. The molecule has 6 heteroatoms. The molecule has 25 heavy (non-hydrogen) atoms. The highest BCUT2D eigenvalue weighted by molar-refractivity contribution is 6.26. The number of urea groups is 1. The molecule has 1 aromatic rings. The van der Waals surface area contributed by atoms with Gasteiger partial charge in [-0.3, -0.25) is 14.7 Å². The van der Waals surface area contributed by atoms with Crippen molar-refractivity contribution in [3.8, 4) is 12.5 Å². The van der Waals surface area contributed by atoms with Gasteiger partial charge in [0.2, 0.25) is 0 Å². The monoisotopic (exact) mass is 336 g/mol. The van der Waals surface area contributed by atoms with Gasteiger partial charge in [-0.05, 0) is 18.4 Å². The Morgan fingerprint density at radius 1 is 1.40 bits per heavy atom. The molecule has 3 amide bonds. The first-order chi connectivity index (χ1) is 12.1. The predicted molar refractivity (Wildman–Crippen MR) is 95.5 cm³/mol. The van der Waals surface area contributed by atoms with Gasteiger partial charge in [-0.1, -0.05) is 43.7 Å². The number of amidine groups is 1. The van der Waals surface area contributed by atoms with E-state index in [1.807, 2.05) is 37.3 Å². The van der Waals surface area contributed by atoms with Crippen molar-refractivity contribution in [2.24, 2.45) is 4.99 Å². The molecule has 6 nitrogen and oxygen atoms in total. The number of terminal acetylenes is 1. The van der Waals surface area contributed by atoms with E-state index in [1.165, 1.54) is 11.1 Å². The third kappa shape index (κ3) is 3.41. The maximum absolute atomic E-state index is 12.5. The Balaban J connectivity index is 1.86. The first kappa shape index (κ1) is 16.8. The lowest BCUT2D eigenvalue weighted by Crippen LogP contribution is -2.48. The van der Waals surface area contributed by atoms with Crippen LogP contribution in [0.1, 0.15) is 18.9 Å². The van der Waals surface area contributed by atoms with Crippen LogP contribution in [0.5, 0.6) is 0 Å². The van der Waals surface area contributed by atoms with Crippen molar-refractivity contribution in [2.75, 3.05) is 13.1 Å². The van der Waals surface area contributed by atoms with Gasteiger partial charge >= 0.3 is 6.03 Å². The lowest BCUT2D eigenvalue weighted by molar-refractivity contribution is -0.117. The third-order valence-electron chi connectivity index (χ3n) is 4.12. The van der Waals surface area contributed by atoms with Crippen LogP contribution >= 0.6 is 0 Å². The largest absolute Gasteiger partial charge is 0.352 e. The summed E-state index contributed by atoms with van der Waals surface area (Å²) in [6.45, 7) is 2.95. The van der Waals surface area contributed by atoms with Gasteiger partial charge in [0.05, 0.1) is 18.2 Å². The first-order valence-corrected chi connectivity index (χ1v) is 8.33. The molecular formula is C19H20N4O2. The molecule has 2 heterocycles. The SMILES string of the molecule is C#CN1C=C(C(=O)NCCC)C2=N[C@H](Cc3ccccc3)CN2C1=O. The van der Waals surface area contributed by atoms with Crippen LogP contribution in [0, 0.1) is 12.5 Å². The second-order valence-electron chi connectivity index (χ2n) is 5.99. The van der Waals surface area contributed by atoms with E-state index >= 15 is 0 Å². The average molecular weight is 336 g/mol. The summed E-state index contributed by atoms with van der Waals surface area (Å²) >= 11 is 0. The minimum Gasteiger partial charge on any atom is -0.352 e. The molecule has 0 saturated carbocycles.